The van der Waals surface area contributed by atoms with Crippen LogP contribution in [0.4, 0.5) is 9.59 Å². The standard InChI is InChI=1S/C33H38N4O6.C22H20N2O5.C11H19ClN2O.2CH4.ClH.I3/c1-3-22-23-16-21(43-32(40)36-14-10-20(11-15-36)35-12-6-5-7-13-35)8-9-27(23)34-29-24(22)18-37-28(29)17-26-25(30(37)38)19-42-31(39)33(26,41)4-2;1-3-12-13-7-11(25)5-6-17(13)23-19-14(12)9-24-18(19)8-16-15(20(24)26)10-29-21(27)22(16,28)4-2;12-11(15)14-8-4-10(5-9-14)13-6-2-1-3-7-13;;;;1-3-2/h8-9,16-17,20,41H,3-7,10-15,18-19H2,1-2H3;5-8,25,28H,3-4,9-10H2,1-2H3;10H,1-9H2;2*1H4;1H;/q;;;;;;-1/t33-;22-;;;;;/m00...../s1. The van der Waals surface area contributed by atoms with Crippen LogP contribution in [0, 0.1) is 0 Å². The molecule has 0 spiro atoms. The normalized spacial score (nSPS) is 20.7. The number of nitrogens with zero attached hydrogens (tertiary/aromatic N) is 8. The first-order chi connectivity index (χ1) is 43.4. The van der Waals surface area contributed by atoms with E-state index in [1.807, 2.05) is 24.0 Å². The number of hydrogen-bond acceptors (Lipinski definition) is 16. The van der Waals surface area contributed by atoms with Crippen molar-refractivity contribution in [2.45, 2.75) is 182 Å². The number of phenolic OH excluding ortho intramolecular Hbond substituents is 1. The van der Waals surface area contributed by atoms with Gasteiger partial charge in [0.1, 0.15) is 24.7 Å². The number of amides is 2. The molecule has 8 aliphatic rings. The number of carbonyl (C=O) groups excluding carboxylic acids is 4. The Labute approximate surface area is 584 Å². The molecule has 2 amide bonds. The molecule has 0 unspecified atom stereocenters. The fraction of sp³-hybridized carbons (Fsp3) is 0.529. The Kier molecular flexibility index (Phi) is 25.2. The molecule has 0 aliphatic carbocycles. The fourth-order valence-corrected chi connectivity index (χ4v) is 14.9. The molecule has 12 heterocycles. The smallest absolute Gasteiger partial charge is 0.316 e. The minimum atomic E-state index is -1.86. The van der Waals surface area contributed by atoms with Crippen molar-refractivity contribution in [3.05, 3.63) is 114 Å². The van der Waals surface area contributed by atoms with Crippen molar-refractivity contribution < 1.29 is 62.0 Å². The number of carbonyl (C=O) groups is 4. The number of ether oxygens (including phenoxy) is 3. The molecule has 2 aromatic carbocycles. The van der Waals surface area contributed by atoms with Crippen molar-refractivity contribution >= 4 is 106 Å². The number of fused-ring (bicyclic) bond motifs is 10. The van der Waals surface area contributed by atoms with Gasteiger partial charge in [-0.1, -0.05) is 55.4 Å². The average molecular weight is 1660 g/mol. The fourth-order valence-electron chi connectivity index (χ4n) is 14.7. The van der Waals surface area contributed by atoms with Crippen LogP contribution < -0.4 is 29.1 Å². The van der Waals surface area contributed by atoms with E-state index in [-0.39, 0.29) is 81.6 Å². The van der Waals surface area contributed by atoms with E-state index in [1.165, 1.54) is 64.7 Å². The minimum Gasteiger partial charge on any atom is -0.329 e. The third-order valence-electron chi connectivity index (χ3n) is 19.7. The van der Waals surface area contributed by atoms with Gasteiger partial charge in [-0.3, -0.25) is 14.4 Å². The molecule has 4 saturated heterocycles. The summed E-state index contributed by atoms with van der Waals surface area (Å²) < 4.78 is 19.4. The van der Waals surface area contributed by atoms with E-state index in [4.69, 9.17) is 35.8 Å². The summed E-state index contributed by atoms with van der Waals surface area (Å²) in [7, 11) is 0. The molecule has 14 rings (SSSR count). The zero-order chi connectivity index (χ0) is 63.8. The molecule has 3 N–H and O–H groups in total. The molecule has 8 aliphatic heterocycles. The Morgan fingerprint density at radius 2 is 1.02 bits per heavy atom. The number of halogens is 5. The molecule has 93 heavy (non-hydrogen) atoms. The van der Waals surface area contributed by atoms with Crippen LogP contribution in [0.15, 0.2) is 58.1 Å². The van der Waals surface area contributed by atoms with Gasteiger partial charge in [0.15, 0.2) is 11.2 Å². The molecule has 4 aromatic heterocycles. The summed E-state index contributed by atoms with van der Waals surface area (Å²) >= 11 is 10.8. The zero-order valence-corrected chi connectivity index (χ0v) is 59.7. The minimum absolute atomic E-state index is 0. The summed E-state index contributed by atoms with van der Waals surface area (Å²) in [6.45, 7) is 15.7. The van der Waals surface area contributed by atoms with Gasteiger partial charge in [0.2, 0.25) is 0 Å². The number of aliphatic hydroxyl groups is 2. The van der Waals surface area contributed by atoms with Gasteiger partial charge in [-0.25, -0.2) is 24.4 Å². The molecular weight excluding hydrogens is 1570 g/mol. The molecule has 4 fully saturated rings. The monoisotopic (exact) mass is 1660 g/mol. The van der Waals surface area contributed by atoms with Crippen LogP contribution in [0.25, 0.3) is 44.6 Å². The number of piperidine rings is 4. The number of aromatic hydroxyl groups is 1. The summed E-state index contributed by atoms with van der Waals surface area (Å²) in [5.74, 6) is -0.829. The predicted octanol–water partition coefficient (Wildman–Crippen LogP) is 9.20. The zero-order valence-electron chi connectivity index (χ0n) is 51.7. The van der Waals surface area contributed by atoms with Gasteiger partial charge in [0.05, 0.1) is 58.0 Å². The van der Waals surface area contributed by atoms with Gasteiger partial charge in [-0.15, -0.1) is 12.4 Å². The second kappa shape index (κ2) is 31.6. The maximum Gasteiger partial charge on any atom is 0.316 e. The van der Waals surface area contributed by atoms with Gasteiger partial charge < -0.3 is 58.3 Å². The van der Waals surface area contributed by atoms with Crippen LogP contribution in [0.1, 0.15) is 164 Å². The van der Waals surface area contributed by atoms with E-state index in [0.717, 1.165) is 82.8 Å². The molecule has 0 radical (unpaired) electrons. The van der Waals surface area contributed by atoms with Gasteiger partial charge in [-0.05, 0) is 174 Å². The van der Waals surface area contributed by atoms with Crippen LogP contribution >= 0.6 is 61.2 Å². The summed E-state index contributed by atoms with van der Waals surface area (Å²) in [5.41, 5.74) is 4.85. The number of likely N-dealkylation sites (tertiary alicyclic amines) is 4. The third-order valence-corrected chi connectivity index (χ3v) is 20.0. The summed E-state index contributed by atoms with van der Waals surface area (Å²) in [6.07, 6.45) is 13.3. The Balaban J connectivity index is 0.000000191. The van der Waals surface area contributed by atoms with Crippen molar-refractivity contribution in [2.24, 2.45) is 0 Å². The Morgan fingerprint density at radius 1 is 0.613 bits per heavy atom. The first-order valence-corrected chi connectivity index (χ1v) is 44.5. The molecule has 0 bridgehead atoms. The van der Waals surface area contributed by atoms with Crippen LogP contribution in [-0.4, -0.2) is 142 Å². The van der Waals surface area contributed by atoms with E-state index in [9.17, 15) is 44.1 Å². The topological polar surface area (TPSA) is 239 Å². The van der Waals surface area contributed by atoms with Crippen LogP contribution in [0.2, 0.25) is 0 Å². The van der Waals surface area contributed by atoms with E-state index < -0.39 is 23.1 Å². The number of pyridine rings is 4. The summed E-state index contributed by atoms with van der Waals surface area (Å²) in [4.78, 5) is 94.1. The predicted molar refractivity (Wildman–Crippen MR) is 376 cm³/mol. The molecule has 6 aromatic rings. The van der Waals surface area contributed by atoms with Crippen molar-refractivity contribution in [1.82, 2.24) is 38.7 Å². The number of aromatic nitrogens is 4. The number of aryl methyl sites for hydroxylation is 2. The first kappa shape index (κ1) is 74.0. The maximum atomic E-state index is 13.6. The van der Waals surface area contributed by atoms with Crippen molar-refractivity contribution in [2.75, 3.05) is 52.4 Å². The van der Waals surface area contributed by atoms with E-state index in [1.54, 1.807) is 64.3 Å². The summed E-state index contributed by atoms with van der Waals surface area (Å²) in [5, 5.41) is 33.5. The second-order valence-corrected chi connectivity index (χ2v) is 41.0. The first-order valence-electron chi connectivity index (χ1n) is 31.6. The molecule has 20 nitrogen and oxygen atoms in total. The van der Waals surface area contributed by atoms with Crippen LogP contribution in [0.3, 0.4) is 0 Å². The van der Waals surface area contributed by atoms with Gasteiger partial charge in [0.25, 0.3) is 11.1 Å². The molecule has 25 heteroatoms. The van der Waals surface area contributed by atoms with Gasteiger partial charge >= 0.3 is 73.9 Å². The quantitative estimate of drug-likeness (QED) is 0.0583. The van der Waals surface area contributed by atoms with E-state index in [0.29, 0.717) is 115 Å². The SMILES string of the molecule is C.C.CCc1c2c(nc3ccc(O)cc13)-c1cc3c(c(=O)n1C2)COC(=O)[C@]3(O)CC.CCc1c2c(nc3ccc(OC(=O)N4CCC(N5CCCCC5)CC4)cc13)-c1cc3c(c(=O)n1C2)COC(=O)[C@]3(O)CC.Cl.I[I-]I.O=C(Cl)N1CCC(N2CCCCC2)CC1. The third kappa shape index (κ3) is 14.5. The van der Waals surface area contributed by atoms with Crippen molar-refractivity contribution in [1.29, 1.82) is 0 Å². The largest absolute Gasteiger partial charge is 0.329 e. The Hall–Kier alpha value is -4.75. The van der Waals surface area contributed by atoms with E-state index in [2.05, 4.69) is 54.0 Å². The van der Waals surface area contributed by atoms with Crippen LogP contribution in [0.5, 0.6) is 11.5 Å². The number of phenols is 1. The molecule has 0 saturated carbocycles. The second-order valence-electron chi connectivity index (χ2n) is 24.4. The molecule has 2 atom stereocenters. The van der Waals surface area contributed by atoms with Crippen LogP contribution in [-0.2, 0) is 69.4 Å². The molecular formula is C68H86Cl2I3N8O12-. The number of cyclic esters (lactones) is 2. The number of rotatable bonds is 7. The number of esters is 2. The van der Waals surface area contributed by atoms with Gasteiger partial charge in [0, 0.05) is 71.3 Å². The maximum absolute atomic E-state index is 13.6. The van der Waals surface area contributed by atoms with Crippen molar-refractivity contribution in [3.63, 3.8) is 0 Å². The molecule has 506 valence electrons. The van der Waals surface area contributed by atoms with E-state index >= 15 is 0 Å². The number of hydrogen-bond donors (Lipinski definition) is 3. The van der Waals surface area contributed by atoms with Gasteiger partial charge in [-0.2, -0.15) is 0 Å². The Morgan fingerprint density at radius 3 is 1.43 bits per heavy atom. The Bertz CT molecular complexity index is 3900. The van der Waals surface area contributed by atoms with Crippen molar-refractivity contribution in [3.8, 4) is 34.3 Å². The number of benzene rings is 2. The summed E-state index contributed by atoms with van der Waals surface area (Å²) in [6, 6.07) is 15.2. The average Bonchev–Trinajstić information content (AvgIpc) is 1.62.